The number of anilines is 2. The molecule has 2 aromatic carbocycles. The first-order chi connectivity index (χ1) is 18.8. The summed E-state index contributed by atoms with van der Waals surface area (Å²) < 4.78 is 18.5. The number of hydrogen-bond acceptors (Lipinski definition) is 10. The first-order valence-corrected chi connectivity index (χ1v) is 12.9. The van der Waals surface area contributed by atoms with Crippen LogP contribution in [0.15, 0.2) is 42.7 Å². The van der Waals surface area contributed by atoms with Crippen molar-refractivity contribution in [2.45, 2.75) is 20.0 Å². The van der Waals surface area contributed by atoms with E-state index < -0.39 is 12.2 Å². The number of fused-ring (bicyclic) bond motifs is 4. The van der Waals surface area contributed by atoms with Crippen LogP contribution in [0.2, 0.25) is 0 Å². The number of aromatic nitrogens is 4. The van der Waals surface area contributed by atoms with Gasteiger partial charge in [0.15, 0.2) is 17.6 Å². The van der Waals surface area contributed by atoms with Crippen LogP contribution in [0.25, 0.3) is 31.8 Å². The molecule has 1 aliphatic rings. The van der Waals surface area contributed by atoms with Crippen LogP contribution in [0.5, 0.6) is 17.4 Å². The van der Waals surface area contributed by atoms with E-state index in [2.05, 4.69) is 15.0 Å². The Balaban J connectivity index is 1.35. The molecule has 0 bridgehead atoms. The number of pyridine rings is 1. The zero-order valence-corrected chi connectivity index (χ0v) is 22.2. The summed E-state index contributed by atoms with van der Waals surface area (Å²) in [5, 5.41) is 10.6. The maximum atomic E-state index is 12.0. The molecule has 39 heavy (non-hydrogen) atoms. The number of nitrogens with two attached hydrogens (primary N) is 1. The number of carbonyl (C=O) groups is 1. The Kier molecular flexibility index (Phi) is 6.03. The number of ether oxygens (including phenoxy) is 3. The zero-order chi connectivity index (χ0) is 27.3. The van der Waals surface area contributed by atoms with Gasteiger partial charge in [0.1, 0.15) is 22.1 Å². The van der Waals surface area contributed by atoms with E-state index in [-0.39, 0.29) is 13.2 Å². The maximum absolute atomic E-state index is 12.0. The number of thiazole rings is 1. The molecule has 0 saturated heterocycles. The minimum absolute atomic E-state index is 0.0583. The first-order valence-electron chi connectivity index (χ1n) is 12.1. The molecule has 6 rings (SSSR count). The molecule has 0 spiro atoms. The number of hydrogen-bond donors (Lipinski definition) is 2. The first kappa shape index (κ1) is 24.6. The standard InChI is InChI=1S/C27H24N6O5S/c1-13-6-17(23-18(7-13)31-21(36-3)10-30-23)26-32-22-14(2)8-19-24(25(22)39-26)37-12-16(38-19)11-33(27(34)35)15-4-5-20(28)29-9-15/h4-10,16H,11-12H2,1-3H3,(H2,28,29)(H,34,35). The van der Waals surface area contributed by atoms with E-state index in [9.17, 15) is 9.90 Å². The van der Waals surface area contributed by atoms with Gasteiger partial charge in [0.2, 0.25) is 5.88 Å². The third kappa shape index (κ3) is 4.48. The number of methoxy groups -OCH3 is 1. The summed E-state index contributed by atoms with van der Waals surface area (Å²) in [6.45, 7) is 4.19. The van der Waals surface area contributed by atoms with Crippen molar-refractivity contribution in [3.05, 3.63) is 53.9 Å². The molecule has 1 aliphatic heterocycles. The van der Waals surface area contributed by atoms with Gasteiger partial charge >= 0.3 is 6.09 Å². The third-order valence-corrected chi connectivity index (χ3v) is 7.48. The second kappa shape index (κ2) is 9.55. The predicted octanol–water partition coefficient (Wildman–Crippen LogP) is 4.83. The fourth-order valence-corrected chi connectivity index (χ4v) is 5.72. The van der Waals surface area contributed by atoms with Crippen molar-refractivity contribution in [3.8, 4) is 28.0 Å². The van der Waals surface area contributed by atoms with Crippen LogP contribution in [0.3, 0.4) is 0 Å². The van der Waals surface area contributed by atoms with Gasteiger partial charge in [0, 0.05) is 5.56 Å². The van der Waals surface area contributed by atoms with Gasteiger partial charge in [-0.2, -0.15) is 0 Å². The third-order valence-electron chi connectivity index (χ3n) is 6.39. The number of benzene rings is 2. The summed E-state index contributed by atoms with van der Waals surface area (Å²) in [5.41, 5.74) is 11.1. The summed E-state index contributed by atoms with van der Waals surface area (Å²) in [5.74, 6) is 1.90. The smallest absolute Gasteiger partial charge is 0.411 e. The lowest BCUT2D eigenvalue weighted by Crippen LogP contribution is -2.43. The monoisotopic (exact) mass is 544 g/mol. The highest BCUT2D eigenvalue weighted by molar-refractivity contribution is 7.22. The van der Waals surface area contributed by atoms with E-state index in [0.717, 1.165) is 42.9 Å². The van der Waals surface area contributed by atoms with Crippen molar-refractivity contribution in [3.63, 3.8) is 0 Å². The number of carboxylic acid groups (broad SMARTS) is 1. The fourth-order valence-electron chi connectivity index (χ4n) is 4.57. The van der Waals surface area contributed by atoms with Gasteiger partial charge in [-0.25, -0.2) is 24.7 Å². The number of nitrogens with zero attached hydrogens (tertiary/aromatic N) is 5. The topological polar surface area (TPSA) is 146 Å². The summed E-state index contributed by atoms with van der Waals surface area (Å²) in [6.07, 6.45) is 1.37. The highest BCUT2D eigenvalue weighted by atomic mass is 32.1. The normalized spacial score (nSPS) is 14.5. The molecule has 11 nitrogen and oxygen atoms in total. The second-order valence-corrected chi connectivity index (χ2v) is 10.2. The van der Waals surface area contributed by atoms with Gasteiger partial charge in [-0.3, -0.25) is 4.90 Å². The van der Waals surface area contributed by atoms with E-state index in [1.807, 2.05) is 32.0 Å². The van der Waals surface area contributed by atoms with Crippen molar-refractivity contribution in [1.29, 1.82) is 0 Å². The molecule has 3 N–H and O–H groups in total. The molecule has 1 atom stereocenters. The highest BCUT2D eigenvalue weighted by Gasteiger charge is 2.29. The minimum Gasteiger partial charge on any atom is -0.484 e. The van der Waals surface area contributed by atoms with E-state index in [4.69, 9.17) is 24.9 Å². The van der Waals surface area contributed by atoms with Crippen LogP contribution in [0, 0.1) is 13.8 Å². The molecule has 3 aromatic heterocycles. The molecule has 0 fully saturated rings. The number of amides is 1. The Hall–Kier alpha value is -4.71. The van der Waals surface area contributed by atoms with Crippen LogP contribution in [0.4, 0.5) is 16.3 Å². The maximum Gasteiger partial charge on any atom is 0.411 e. The summed E-state index contributed by atoms with van der Waals surface area (Å²) >= 11 is 1.49. The molecule has 198 valence electrons. The van der Waals surface area contributed by atoms with Crippen LogP contribution in [0.1, 0.15) is 11.1 Å². The van der Waals surface area contributed by atoms with Crippen molar-refractivity contribution in [2.75, 3.05) is 30.9 Å². The molecule has 1 amide bonds. The van der Waals surface area contributed by atoms with Gasteiger partial charge in [-0.05, 0) is 55.3 Å². The number of rotatable bonds is 5. The largest absolute Gasteiger partial charge is 0.484 e. The van der Waals surface area contributed by atoms with E-state index in [0.29, 0.717) is 28.9 Å². The molecular formula is C27H24N6O5S. The minimum atomic E-state index is -1.12. The van der Waals surface area contributed by atoms with E-state index in [1.54, 1.807) is 25.4 Å². The Labute approximate surface area is 226 Å². The van der Waals surface area contributed by atoms with Crippen LogP contribution in [-0.2, 0) is 0 Å². The van der Waals surface area contributed by atoms with Gasteiger partial charge < -0.3 is 25.1 Å². The predicted molar refractivity (Wildman–Crippen MR) is 148 cm³/mol. The Morgan fingerprint density at radius 1 is 1.18 bits per heavy atom. The lowest BCUT2D eigenvalue weighted by Gasteiger charge is -2.30. The second-order valence-electron chi connectivity index (χ2n) is 9.20. The summed E-state index contributed by atoms with van der Waals surface area (Å²) in [6, 6.07) is 9.05. The van der Waals surface area contributed by atoms with Crippen molar-refractivity contribution < 1.29 is 24.1 Å². The van der Waals surface area contributed by atoms with Crippen LogP contribution in [-0.4, -0.2) is 57.5 Å². The van der Waals surface area contributed by atoms with Gasteiger partial charge in [-0.1, -0.05) is 0 Å². The van der Waals surface area contributed by atoms with Crippen molar-refractivity contribution >= 4 is 50.2 Å². The highest BCUT2D eigenvalue weighted by Crippen LogP contribution is 2.46. The van der Waals surface area contributed by atoms with E-state index >= 15 is 0 Å². The molecule has 0 aliphatic carbocycles. The molecule has 1 unspecified atom stereocenters. The van der Waals surface area contributed by atoms with Crippen molar-refractivity contribution in [2.24, 2.45) is 0 Å². The Morgan fingerprint density at radius 3 is 2.77 bits per heavy atom. The summed E-state index contributed by atoms with van der Waals surface area (Å²) in [4.78, 5) is 31.2. The lowest BCUT2D eigenvalue weighted by atomic mass is 10.1. The molecular weight excluding hydrogens is 520 g/mol. The number of aryl methyl sites for hydroxylation is 2. The average Bonchev–Trinajstić information content (AvgIpc) is 3.37. The van der Waals surface area contributed by atoms with E-state index in [1.165, 1.54) is 22.4 Å². The molecule has 12 heteroatoms. The van der Waals surface area contributed by atoms with Crippen molar-refractivity contribution in [1.82, 2.24) is 19.9 Å². The number of nitrogen functional groups attached to an aromatic ring is 1. The average molecular weight is 545 g/mol. The Bertz CT molecular complexity index is 1740. The zero-order valence-electron chi connectivity index (χ0n) is 21.3. The quantitative estimate of drug-likeness (QED) is 0.315. The fraction of sp³-hybridized carbons (Fsp3) is 0.222. The van der Waals surface area contributed by atoms with Crippen LogP contribution >= 0.6 is 11.3 Å². The summed E-state index contributed by atoms with van der Waals surface area (Å²) in [7, 11) is 1.56. The SMILES string of the molecule is COc1cnc2c(-c3nc4c(C)cc5c(c4s3)OCC(CN(C(=O)O)c3ccc(N)nc3)O5)cc(C)cc2n1. The lowest BCUT2D eigenvalue weighted by molar-refractivity contribution is 0.0961. The Morgan fingerprint density at radius 2 is 2.03 bits per heavy atom. The molecule has 0 radical (unpaired) electrons. The van der Waals surface area contributed by atoms with Gasteiger partial charge in [0.05, 0.1) is 48.3 Å². The molecule has 0 saturated carbocycles. The molecule has 5 aromatic rings. The van der Waals surface area contributed by atoms with Gasteiger partial charge in [0.25, 0.3) is 0 Å². The van der Waals surface area contributed by atoms with Gasteiger partial charge in [-0.15, -0.1) is 11.3 Å². The van der Waals surface area contributed by atoms with Crippen LogP contribution < -0.4 is 24.8 Å². The molecule has 4 heterocycles.